The van der Waals surface area contributed by atoms with Crippen molar-refractivity contribution in [2.45, 2.75) is 69.9 Å². The second kappa shape index (κ2) is 8.83. The van der Waals surface area contributed by atoms with Crippen LogP contribution in [0.15, 0.2) is 16.9 Å². The summed E-state index contributed by atoms with van der Waals surface area (Å²) in [4.78, 5) is 31.1. The molecule has 4 aliphatic rings. The molecule has 0 radical (unpaired) electrons. The Balaban J connectivity index is 1.36. The summed E-state index contributed by atoms with van der Waals surface area (Å²) in [5.74, 6) is 0.847. The first-order chi connectivity index (χ1) is 14.7. The minimum absolute atomic E-state index is 0.0586. The van der Waals surface area contributed by atoms with Gasteiger partial charge in [-0.2, -0.15) is 0 Å². The molecular weight excluding hydrogens is 378 g/mol. The van der Waals surface area contributed by atoms with Crippen molar-refractivity contribution in [1.29, 1.82) is 0 Å². The molecule has 0 unspecified atom stereocenters. The van der Waals surface area contributed by atoms with Crippen LogP contribution >= 0.6 is 0 Å². The molecule has 0 aromatic carbocycles. The van der Waals surface area contributed by atoms with Gasteiger partial charge in [-0.15, -0.1) is 0 Å². The molecule has 0 aliphatic carbocycles. The van der Waals surface area contributed by atoms with Crippen molar-refractivity contribution in [2.75, 3.05) is 39.4 Å². The molecular formula is C24H35N3O3. The summed E-state index contributed by atoms with van der Waals surface area (Å²) in [5.41, 5.74) is 1.45. The van der Waals surface area contributed by atoms with Crippen LogP contribution in [0.25, 0.3) is 0 Å². The first kappa shape index (κ1) is 20.3. The largest absolute Gasteiger partial charge is 0.381 e. The second-order valence-electron chi connectivity index (χ2n) is 9.74. The Morgan fingerprint density at radius 1 is 0.933 bits per heavy atom. The van der Waals surface area contributed by atoms with E-state index in [1.807, 2.05) is 15.5 Å². The lowest BCUT2D eigenvalue weighted by Crippen LogP contribution is -2.52. The maximum absolute atomic E-state index is 13.4. The van der Waals surface area contributed by atoms with Gasteiger partial charge < -0.3 is 14.2 Å². The Labute approximate surface area is 179 Å². The number of ether oxygens (including phenoxy) is 1. The maximum atomic E-state index is 13.4. The molecule has 6 nitrogen and oxygen atoms in total. The average molecular weight is 414 g/mol. The maximum Gasteiger partial charge on any atom is 0.263 e. The van der Waals surface area contributed by atoms with Crippen molar-refractivity contribution in [3.05, 3.63) is 33.7 Å². The minimum Gasteiger partial charge on any atom is -0.381 e. The van der Waals surface area contributed by atoms with E-state index in [0.717, 1.165) is 77.3 Å². The van der Waals surface area contributed by atoms with Gasteiger partial charge in [-0.1, -0.05) is 19.3 Å². The van der Waals surface area contributed by atoms with E-state index in [4.69, 9.17) is 4.74 Å². The van der Waals surface area contributed by atoms with E-state index in [2.05, 4.69) is 11.0 Å². The minimum atomic E-state index is -0.0613. The Kier molecular flexibility index (Phi) is 5.96. The van der Waals surface area contributed by atoms with Crippen molar-refractivity contribution in [1.82, 2.24) is 14.4 Å². The SMILES string of the molecule is O=C(c1ccc2n(c1=O)C[C@H]1C[C@@H]2CN(C2CCOCC2)C1)N1CCCCCCC1. The highest BCUT2D eigenvalue weighted by Crippen LogP contribution is 2.37. The van der Waals surface area contributed by atoms with Gasteiger partial charge in [0.05, 0.1) is 0 Å². The summed E-state index contributed by atoms with van der Waals surface area (Å²) in [5, 5.41) is 0. The third-order valence-corrected chi connectivity index (χ3v) is 7.71. The van der Waals surface area contributed by atoms with Crippen LogP contribution in [0, 0.1) is 5.92 Å². The molecule has 2 bridgehead atoms. The van der Waals surface area contributed by atoms with Gasteiger partial charge in [-0.05, 0) is 50.2 Å². The molecule has 0 N–H and O–H groups in total. The van der Waals surface area contributed by atoms with Crippen LogP contribution < -0.4 is 5.56 Å². The average Bonchev–Trinajstić information content (AvgIpc) is 2.74. The van der Waals surface area contributed by atoms with Crippen molar-refractivity contribution in [3.8, 4) is 0 Å². The zero-order valence-electron chi connectivity index (χ0n) is 18.1. The van der Waals surface area contributed by atoms with Gasteiger partial charge in [-0.25, -0.2) is 0 Å². The molecule has 3 saturated heterocycles. The van der Waals surface area contributed by atoms with Gasteiger partial charge in [0.2, 0.25) is 0 Å². The molecule has 5 rings (SSSR count). The molecule has 3 fully saturated rings. The smallest absolute Gasteiger partial charge is 0.263 e. The van der Waals surface area contributed by atoms with Crippen LogP contribution in [-0.2, 0) is 11.3 Å². The molecule has 164 valence electrons. The number of hydrogen-bond acceptors (Lipinski definition) is 4. The third kappa shape index (κ3) is 3.96. The summed E-state index contributed by atoms with van der Waals surface area (Å²) in [7, 11) is 0. The third-order valence-electron chi connectivity index (χ3n) is 7.71. The fourth-order valence-electron chi connectivity index (χ4n) is 6.11. The number of likely N-dealkylation sites (tertiary alicyclic amines) is 2. The van der Waals surface area contributed by atoms with Gasteiger partial charge in [0.15, 0.2) is 0 Å². The molecule has 1 amide bonds. The fraction of sp³-hybridized carbons (Fsp3) is 0.750. The Morgan fingerprint density at radius 3 is 2.43 bits per heavy atom. The van der Waals surface area contributed by atoms with Gasteiger partial charge in [0, 0.05) is 63.6 Å². The van der Waals surface area contributed by atoms with Crippen LogP contribution in [0.4, 0.5) is 0 Å². The van der Waals surface area contributed by atoms with Crippen molar-refractivity contribution < 1.29 is 9.53 Å². The summed E-state index contributed by atoms with van der Waals surface area (Å²) in [6.45, 7) is 6.16. The molecule has 2 atom stereocenters. The quantitative estimate of drug-likeness (QED) is 0.748. The summed E-state index contributed by atoms with van der Waals surface area (Å²) in [6, 6.07) is 4.52. The molecule has 1 aromatic heterocycles. The van der Waals surface area contributed by atoms with E-state index in [9.17, 15) is 9.59 Å². The van der Waals surface area contributed by atoms with Crippen LogP contribution in [0.2, 0.25) is 0 Å². The highest BCUT2D eigenvalue weighted by molar-refractivity contribution is 5.93. The predicted molar refractivity (Wildman–Crippen MR) is 116 cm³/mol. The van der Waals surface area contributed by atoms with E-state index < -0.39 is 0 Å². The lowest BCUT2D eigenvalue weighted by atomic mass is 9.82. The number of rotatable bonds is 2. The highest BCUT2D eigenvalue weighted by atomic mass is 16.5. The Bertz CT molecular complexity index is 821. The normalized spacial score (nSPS) is 28.5. The van der Waals surface area contributed by atoms with E-state index in [0.29, 0.717) is 23.4 Å². The summed E-state index contributed by atoms with van der Waals surface area (Å²) in [6.07, 6.45) is 9.12. The molecule has 6 heteroatoms. The van der Waals surface area contributed by atoms with Crippen molar-refractivity contribution >= 4 is 5.91 Å². The van der Waals surface area contributed by atoms with E-state index >= 15 is 0 Å². The van der Waals surface area contributed by atoms with Gasteiger partial charge in [0.1, 0.15) is 5.56 Å². The topological polar surface area (TPSA) is 54.8 Å². The molecule has 5 heterocycles. The number of carbonyl (C=O) groups is 1. The van der Waals surface area contributed by atoms with E-state index in [1.165, 1.54) is 25.7 Å². The van der Waals surface area contributed by atoms with Crippen LogP contribution in [0.1, 0.15) is 73.3 Å². The fourth-order valence-corrected chi connectivity index (χ4v) is 6.11. The number of pyridine rings is 1. The Hall–Kier alpha value is -1.66. The standard InChI is InChI=1S/C24H35N3O3/c28-23(25-10-4-2-1-3-5-11-25)21-6-7-22-19-14-18(16-27(22)24(21)29)15-26(17-19)20-8-12-30-13-9-20/h6-7,18-20H,1-5,8-17H2/t18-,19+/m0/s1. The van der Waals surface area contributed by atoms with Crippen LogP contribution in [0.5, 0.6) is 0 Å². The van der Waals surface area contributed by atoms with Gasteiger partial charge in [-0.3, -0.25) is 14.5 Å². The number of amides is 1. The van der Waals surface area contributed by atoms with Crippen molar-refractivity contribution in [3.63, 3.8) is 0 Å². The highest BCUT2D eigenvalue weighted by Gasteiger charge is 2.38. The van der Waals surface area contributed by atoms with E-state index in [-0.39, 0.29) is 11.5 Å². The first-order valence-electron chi connectivity index (χ1n) is 12.1. The monoisotopic (exact) mass is 413 g/mol. The lowest BCUT2D eigenvalue weighted by molar-refractivity contribution is 0.00584. The summed E-state index contributed by atoms with van der Waals surface area (Å²) < 4.78 is 7.49. The zero-order chi connectivity index (χ0) is 20.5. The number of carbonyl (C=O) groups excluding carboxylic acids is 1. The van der Waals surface area contributed by atoms with E-state index in [1.54, 1.807) is 0 Å². The van der Waals surface area contributed by atoms with Crippen molar-refractivity contribution in [2.24, 2.45) is 5.92 Å². The summed E-state index contributed by atoms with van der Waals surface area (Å²) >= 11 is 0. The van der Waals surface area contributed by atoms with Gasteiger partial charge in [0.25, 0.3) is 11.5 Å². The molecule has 30 heavy (non-hydrogen) atoms. The zero-order valence-corrected chi connectivity index (χ0v) is 18.1. The number of aromatic nitrogens is 1. The molecule has 0 spiro atoms. The lowest BCUT2D eigenvalue weighted by Gasteiger charge is -2.46. The number of piperidine rings is 1. The van der Waals surface area contributed by atoms with Crippen LogP contribution in [0.3, 0.4) is 0 Å². The number of hydrogen-bond donors (Lipinski definition) is 0. The predicted octanol–water partition coefficient (Wildman–Crippen LogP) is 2.85. The first-order valence-corrected chi connectivity index (χ1v) is 12.1. The van der Waals surface area contributed by atoms with Gasteiger partial charge >= 0.3 is 0 Å². The Morgan fingerprint density at radius 2 is 1.67 bits per heavy atom. The number of fused-ring (bicyclic) bond motifs is 4. The molecule has 1 aromatic rings. The number of nitrogens with zero attached hydrogens (tertiary/aromatic N) is 3. The second-order valence-corrected chi connectivity index (χ2v) is 9.74. The molecule has 4 aliphatic heterocycles. The molecule has 0 saturated carbocycles. The van der Waals surface area contributed by atoms with Crippen LogP contribution in [-0.4, -0.2) is 65.7 Å².